The zero-order valence-electron chi connectivity index (χ0n) is 35.0. The van der Waals surface area contributed by atoms with E-state index in [9.17, 15) is 30.8 Å². The number of benzene rings is 2. The Morgan fingerprint density at radius 2 is 1.15 bits per heavy atom. The highest BCUT2D eigenvalue weighted by Gasteiger charge is 2.23. The topological polar surface area (TPSA) is 224 Å². The highest BCUT2D eigenvalue weighted by Crippen LogP contribution is 2.34. The summed E-state index contributed by atoms with van der Waals surface area (Å²) in [5.74, 6) is -0.896. The van der Waals surface area contributed by atoms with Crippen molar-refractivity contribution in [2.45, 2.75) is 23.1 Å². The van der Waals surface area contributed by atoms with Crippen LogP contribution in [-0.2, 0) is 20.0 Å². The largest absolute Gasteiger partial charge is 0.487 e. The number of methoxy groups -OCH3 is 1. The lowest BCUT2D eigenvalue weighted by molar-refractivity contribution is 0.241. The molecule has 2 N–H and O–H groups in total. The third-order valence-corrected chi connectivity index (χ3v) is 13.5. The first-order chi connectivity index (χ1) is 32.1. The zero-order valence-corrected chi connectivity index (χ0v) is 38.2. The molecule has 0 radical (unpaired) electrons. The van der Waals surface area contributed by atoms with Gasteiger partial charge in [-0.25, -0.2) is 41.2 Å². The molecule has 0 fully saturated rings. The third kappa shape index (κ3) is 9.94. The molecule has 2 aromatic carbocycles. The molecular weight excluding hydrogens is 955 g/mol. The number of aromatic nitrogens is 6. The molecule has 0 unspecified atom stereocenters. The van der Waals surface area contributed by atoms with Gasteiger partial charge in [0.25, 0.3) is 31.2 Å². The first-order valence-electron chi connectivity index (χ1n) is 19.9. The number of pyridine rings is 4. The highest BCUT2D eigenvalue weighted by atomic mass is 35.5. The Balaban J connectivity index is 0.996. The van der Waals surface area contributed by atoms with Crippen molar-refractivity contribution in [3.05, 3.63) is 153 Å². The van der Waals surface area contributed by atoms with Gasteiger partial charge < -0.3 is 18.9 Å². The number of nitrogens with zero attached hydrogens (tertiary/aromatic N) is 6. The van der Waals surface area contributed by atoms with Crippen molar-refractivity contribution in [1.29, 1.82) is 0 Å². The Kier molecular flexibility index (Phi) is 13.3. The van der Waals surface area contributed by atoms with E-state index < -0.39 is 37.0 Å². The number of ether oxygens (including phenoxy) is 4. The summed E-state index contributed by atoms with van der Waals surface area (Å²) in [5, 5.41) is -0.340. The van der Waals surface area contributed by atoms with E-state index in [0.29, 0.717) is 27.9 Å². The van der Waals surface area contributed by atoms with Gasteiger partial charge in [0.2, 0.25) is 23.3 Å². The monoisotopic (exact) mass is 988 g/mol. The summed E-state index contributed by atoms with van der Waals surface area (Å²) in [4.78, 5) is 43.5. The van der Waals surface area contributed by atoms with Crippen LogP contribution in [0.4, 0.5) is 15.8 Å². The van der Waals surface area contributed by atoms with Crippen molar-refractivity contribution in [3.8, 4) is 45.5 Å². The predicted octanol–water partition coefficient (Wildman–Crippen LogP) is 7.13. The first-order valence-corrected chi connectivity index (χ1v) is 23.6. The van der Waals surface area contributed by atoms with Crippen molar-refractivity contribution in [2.24, 2.45) is 0 Å². The van der Waals surface area contributed by atoms with E-state index >= 15 is 0 Å². The summed E-state index contributed by atoms with van der Waals surface area (Å²) in [5.41, 5.74) is 1.32. The molecule has 6 heterocycles. The minimum atomic E-state index is -4.32. The number of rotatable bonds is 17. The lowest BCUT2D eigenvalue weighted by Gasteiger charge is -2.15. The maximum Gasteiger partial charge on any atom is 0.300 e. The molecule has 0 aliphatic carbocycles. The minimum Gasteiger partial charge on any atom is -0.487 e. The van der Waals surface area contributed by atoms with Crippen LogP contribution in [0.5, 0.6) is 23.3 Å². The molecule has 67 heavy (non-hydrogen) atoms. The molecule has 18 nitrogen and oxygen atoms in total. The van der Waals surface area contributed by atoms with Crippen molar-refractivity contribution < 1.29 is 40.2 Å². The van der Waals surface area contributed by atoms with Gasteiger partial charge in [-0.3, -0.25) is 27.8 Å². The summed E-state index contributed by atoms with van der Waals surface area (Å²) in [6, 6.07) is 18.3. The third-order valence-electron chi connectivity index (χ3n) is 9.79. The fraction of sp³-hybridized carbons (Fsp3) is 0.136. The molecule has 8 aromatic rings. The fourth-order valence-electron chi connectivity index (χ4n) is 6.62. The van der Waals surface area contributed by atoms with Crippen molar-refractivity contribution in [2.75, 3.05) is 36.4 Å². The van der Waals surface area contributed by atoms with Gasteiger partial charge in [-0.15, -0.1) is 0 Å². The number of fused-ring (bicyclic) bond motifs is 2. The van der Waals surface area contributed by atoms with Crippen LogP contribution in [-0.4, -0.2) is 72.5 Å². The van der Waals surface area contributed by atoms with Gasteiger partial charge in [0.15, 0.2) is 0 Å². The first kappa shape index (κ1) is 46.2. The van der Waals surface area contributed by atoms with Gasteiger partial charge in [-0.2, -0.15) is 0 Å². The summed E-state index contributed by atoms with van der Waals surface area (Å²) < 4.78 is 97.3. The minimum absolute atomic E-state index is 0.0107. The van der Waals surface area contributed by atoms with Gasteiger partial charge >= 0.3 is 0 Å². The Bertz CT molecular complexity index is 3560. The van der Waals surface area contributed by atoms with Crippen LogP contribution >= 0.6 is 23.2 Å². The summed E-state index contributed by atoms with van der Waals surface area (Å²) in [7, 11) is -7.28. The second-order valence-electron chi connectivity index (χ2n) is 14.2. The zero-order chi connectivity index (χ0) is 47.5. The lowest BCUT2D eigenvalue weighted by Crippen LogP contribution is -2.19. The average Bonchev–Trinajstić information content (AvgIpc) is 3.30. The normalized spacial score (nSPS) is 11.7. The summed E-state index contributed by atoms with van der Waals surface area (Å²) in [6.45, 7) is 1.94. The van der Waals surface area contributed by atoms with Crippen molar-refractivity contribution in [1.82, 2.24) is 28.7 Å². The molecule has 0 bridgehead atoms. The maximum atomic E-state index is 13.7. The number of hydrogen-bond donors (Lipinski definition) is 2. The Hall–Kier alpha value is -7.33. The standard InChI is InChI=1S/C44H35Cl2FN8O10S2/c1-3-63-35-22-48-39-13-10-27(24-54(39)43(35)56)29-18-34(53-66(58,59)37-8-5-4-7-31(37)45)42(51-21-29)65-16-6-15-64-36-23-49-40-14-9-26(25-55(40)44(36)57)28-17-33(41(62-2)50-20-28)52-67(60,61)38-12-11-30(47)19-32(38)46/h4-5,7-14,17-25,52-53H,3,6,15-16H2,1-2H3. The van der Waals surface area contributed by atoms with E-state index in [0.717, 1.165) is 18.2 Å². The molecule has 0 aliphatic rings. The van der Waals surface area contributed by atoms with E-state index in [-0.39, 0.29) is 86.4 Å². The molecule has 23 heteroatoms. The fourth-order valence-corrected chi connectivity index (χ4v) is 9.77. The molecular formula is C44H35Cl2FN8O10S2. The van der Waals surface area contributed by atoms with Crippen LogP contribution in [0, 0.1) is 5.82 Å². The van der Waals surface area contributed by atoms with Crippen LogP contribution in [0.1, 0.15) is 13.3 Å². The predicted molar refractivity (Wildman–Crippen MR) is 247 cm³/mol. The number of sulfonamides is 2. The second kappa shape index (κ2) is 19.3. The van der Waals surface area contributed by atoms with Crippen LogP contribution < -0.4 is 39.5 Å². The molecule has 0 amide bonds. The van der Waals surface area contributed by atoms with Gasteiger partial charge in [-0.05, 0) is 73.7 Å². The van der Waals surface area contributed by atoms with Gasteiger partial charge in [0.1, 0.15) is 38.3 Å². The van der Waals surface area contributed by atoms with E-state index in [2.05, 4.69) is 29.4 Å². The van der Waals surface area contributed by atoms with Crippen LogP contribution in [0.2, 0.25) is 10.0 Å². The van der Waals surface area contributed by atoms with Gasteiger partial charge in [0, 0.05) is 53.5 Å². The van der Waals surface area contributed by atoms with Gasteiger partial charge in [-0.1, -0.05) is 35.3 Å². The number of hydrogen-bond acceptors (Lipinski definition) is 14. The molecule has 0 saturated carbocycles. The van der Waals surface area contributed by atoms with E-state index in [4.69, 9.17) is 42.1 Å². The summed E-state index contributed by atoms with van der Waals surface area (Å²) >= 11 is 12.3. The highest BCUT2D eigenvalue weighted by molar-refractivity contribution is 7.93. The quantitative estimate of drug-likeness (QED) is 0.0867. The Morgan fingerprint density at radius 3 is 1.72 bits per heavy atom. The molecule has 8 rings (SSSR count). The molecule has 0 atom stereocenters. The lowest BCUT2D eigenvalue weighted by atomic mass is 10.1. The average molecular weight is 990 g/mol. The number of halogens is 3. The molecule has 344 valence electrons. The SMILES string of the molecule is CCOc1cnc2ccc(-c3cnc(OCCCOc4cnc5ccc(-c6cnc(OC)c(NS(=O)(=O)c7ccc(F)cc7Cl)c6)cn5c4=O)c(NS(=O)(=O)c4ccccc4Cl)c3)cn2c1=O. The smallest absolute Gasteiger partial charge is 0.300 e. The van der Waals surface area contributed by atoms with Crippen LogP contribution in [0.25, 0.3) is 33.5 Å². The Morgan fingerprint density at radius 1 is 0.612 bits per heavy atom. The van der Waals surface area contributed by atoms with Crippen molar-refractivity contribution in [3.63, 3.8) is 0 Å². The van der Waals surface area contributed by atoms with Crippen LogP contribution in [0.15, 0.2) is 135 Å². The number of anilines is 2. The molecule has 0 saturated heterocycles. The van der Waals surface area contributed by atoms with Crippen molar-refractivity contribution >= 4 is 65.9 Å². The Labute approximate surface area is 390 Å². The molecule has 0 aliphatic heterocycles. The number of nitrogens with one attached hydrogen (secondary N) is 2. The van der Waals surface area contributed by atoms with E-state index in [1.807, 2.05) is 0 Å². The van der Waals surface area contributed by atoms with E-state index in [1.54, 1.807) is 37.3 Å². The maximum absolute atomic E-state index is 13.7. The molecule has 0 spiro atoms. The van der Waals surface area contributed by atoms with Crippen LogP contribution in [0.3, 0.4) is 0 Å². The summed E-state index contributed by atoms with van der Waals surface area (Å²) in [6.07, 6.45) is 8.70. The van der Waals surface area contributed by atoms with Gasteiger partial charge in [0.05, 0.1) is 49.4 Å². The molecule has 6 aromatic heterocycles. The second-order valence-corrected chi connectivity index (χ2v) is 18.3. The van der Waals surface area contributed by atoms with E-state index in [1.165, 1.54) is 83.4 Å².